The van der Waals surface area contributed by atoms with Crippen LogP contribution in [0.5, 0.6) is 5.75 Å². The molecule has 0 heterocycles. The highest BCUT2D eigenvalue weighted by molar-refractivity contribution is 5.81. The van der Waals surface area contributed by atoms with E-state index in [9.17, 15) is 9.18 Å². The molecular weight excluding hydrogens is 233 g/mol. The van der Waals surface area contributed by atoms with Crippen LogP contribution in [0.2, 0.25) is 0 Å². The molecule has 1 amide bonds. The Bertz CT molecular complexity index is 378. The van der Waals surface area contributed by atoms with Crippen LogP contribution in [0, 0.1) is 5.82 Å². The topological polar surface area (TPSA) is 38.3 Å². The van der Waals surface area contributed by atoms with Gasteiger partial charge in [0.2, 0.25) is 0 Å². The van der Waals surface area contributed by atoms with E-state index in [1.165, 1.54) is 24.3 Å². The zero-order valence-electron chi connectivity index (χ0n) is 11.1. The number of hydrogen-bond donors (Lipinski definition) is 1. The molecule has 1 aromatic rings. The molecule has 0 aliphatic rings. The van der Waals surface area contributed by atoms with Crippen molar-refractivity contribution in [3.63, 3.8) is 0 Å². The van der Waals surface area contributed by atoms with Crippen LogP contribution < -0.4 is 10.1 Å². The Morgan fingerprint density at radius 2 is 1.89 bits per heavy atom. The Labute approximate surface area is 107 Å². The fraction of sp³-hybridized carbons (Fsp3) is 0.500. The lowest BCUT2D eigenvalue weighted by atomic mass is 10.2. The van der Waals surface area contributed by atoms with Crippen molar-refractivity contribution in [3.8, 4) is 5.75 Å². The van der Waals surface area contributed by atoms with E-state index < -0.39 is 6.10 Å². The van der Waals surface area contributed by atoms with Crippen LogP contribution in [0.1, 0.15) is 33.6 Å². The lowest BCUT2D eigenvalue weighted by molar-refractivity contribution is -0.128. The van der Waals surface area contributed by atoms with Crippen molar-refractivity contribution in [3.05, 3.63) is 30.1 Å². The first kappa shape index (κ1) is 14.5. The van der Waals surface area contributed by atoms with Crippen LogP contribution >= 0.6 is 0 Å². The minimum Gasteiger partial charge on any atom is -0.481 e. The monoisotopic (exact) mass is 253 g/mol. The van der Waals surface area contributed by atoms with Gasteiger partial charge in [-0.05, 0) is 44.0 Å². The first-order valence-electron chi connectivity index (χ1n) is 6.29. The summed E-state index contributed by atoms with van der Waals surface area (Å²) in [7, 11) is 0. The van der Waals surface area contributed by atoms with Crippen LogP contribution in [-0.2, 0) is 4.79 Å². The second-order valence-corrected chi connectivity index (χ2v) is 4.29. The summed E-state index contributed by atoms with van der Waals surface area (Å²) in [6.45, 7) is 5.83. The van der Waals surface area contributed by atoms with Crippen molar-refractivity contribution < 1.29 is 13.9 Å². The second-order valence-electron chi connectivity index (χ2n) is 4.29. The maximum Gasteiger partial charge on any atom is 0.261 e. The lowest BCUT2D eigenvalue weighted by Crippen LogP contribution is -2.42. The molecule has 0 aromatic heterocycles. The summed E-state index contributed by atoms with van der Waals surface area (Å²) in [5, 5.41) is 2.87. The van der Waals surface area contributed by atoms with Gasteiger partial charge in [-0.1, -0.05) is 13.8 Å². The van der Waals surface area contributed by atoms with Crippen molar-refractivity contribution >= 4 is 5.91 Å². The van der Waals surface area contributed by atoms with E-state index in [1.807, 2.05) is 20.8 Å². The Morgan fingerprint density at radius 1 is 1.28 bits per heavy atom. The molecule has 100 valence electrons. The Kier molecular flexibility index (Phi) is 5.62. The van der Waals surface area contributed by atoms with Crippen molar-refractivity contribution in [2.75, 3.05) is 0 Å². The minimum absolute atomic E-state index is 0.128. The summed E-state index contributed by atoms with van der Waals surface area (Å²) in [6.07, 6.45) is 0.905. The number of carbonyl (C=O) groups is 1. The molecule has 0 bridgehead atoms. The van der Waals surface area contributed by atoms with E-state index in [1.54, 1.807) is 0 Å². The summed E-state index contributed by atoms with van der Waals surface area (Å²) in [4.78, 5) is 11.9. The molecule has 18 heavy (non-hydrogen) atoms. The van der Waals surface area contributed by atoms with Crippen LogP contribution in [0.15, 0.2) is 24.3 Å². The number of benzene rings is 1. The summed E-state index contributed by atoms with van der Waals surface area (Å²) in [5.74, 6) is 0.0539. The third-order valence-corrected chi connectivity index (χ3v) is 2.76. The summed E-state index contributed by atoms with van der Waals surface area (Å²) >= 11 is 0. The van der Waals surface area contributed by atoms with Crippen LogP contribution in [0.4, 0.5) is 4.39 Å². The van der Waals surface area contributed by atoms with Crippen molar-refractivity contribution in [2.45, 2.75) is 45.8 Å². The Hall–Kier alpha value is -1.58. The van der Waals surface area contributed by atoms with Gasteiger partial charge in [-0.25, -0.2) is 4.39 Å². The van der Waals surface area contributed by atoms with Gasteiger partial charge < -0.3 is 10.1 Å². The van der Waals surface area contributed by atoms with Gasteiger partial charge in [-0.2, -0.15) is 0 Å². The molecule has 0 spiro atoms. The van der Waals surface area contributed by atoms with Gasteiger partial charge in [0.1, 0.15) is 11.6 Å². The molecule has 0 unspecified atom stereocenters. The number of amides is 1. The quantitative estimate of drug-likeness (QED) is 0.846. The largest absolute Gasteiger partial charge is 0.481 e. The number of hydrogen-bond acceptors (Lipinski definition) is 2. The third-order valence-electron chi connectivity index (χ3n) is 2.76. The predicted octanol–water partition coefficient (Wildman–Crippen LogP) is 2.90. The molecule has 0 saturated heterocycles. The molecule has 0 fully saturated rings. The molecule has 4 heteroatoms. The summed E-state index contributed by atoms with van der Waals surface area (Å²) < 4.78 is 18.3. The van der Waals surface area contributed by atoms with E-state index in [0.717, 1.165) is 6.42 Å². The number of rotatable bonds is 6. The fourth-order valence-corrected chi connectivity index (χ4v) is 1.44. The zero-order valence-corrected chi connectivity index (χ0v) is 11.1. The molecule has 3 nitrogen and oxygen atoms in total. The lowest BCUT2D eigenvalue weighted by Gasteiger charge is -2.19. The number of nitrogens with one attached hydrogen (secondary N) is 1. The van der Waals surface area contributed by atoms with Gasteiger partial charge in [0.15, 0.2) is 6.10 Å². The molecule has 1 N–H and O–H groups in total. The average Bonchev–Trinajstić information content (AvgIpc) is 2.37. The summed E-state index contributed by atoms with van der Waals surface area (Å²) in [6, 6.07) is 5.80. The smallest absolute Gasteiger partial charge is 0.261 e. The van der Waals surface area contributed by atoms with Gasteiger partial charge >= 0.3 is 0 Å². The molecule has 1 aromatic carbocycles. The maximum atomic E-state index is 12.7. The molecular formula is C14H20FNO2. The molecule has 0 radical (unpaired) electrons. The van der Waals surface area contributed by atoms with Gasteiger partial charge in [0.05, 0.1) is 0 Å². The normalized spacial score (nSPS) is 13.8. The standard InChI is InChI=1S/C14H20FNO2/c1-4-10(3)16-14(17)13(5-2)18-12-8-6-11(15)7-9-12/h6-10,13H,4-5H2,1-3H3,(H,16,17)/t10-,13+/m0/s1. The van der Waals surface area contributed by atoms with Gasteiger partial charge in [-0.15, -0.1) is 0 Å². The number of ether oxygens (including phenoxy) is 1. The Balaban J connectivity index is 2.61. The minimum atomic E-state index is -0.538. The molecule has 2 atom stereocenters. The highest BCUT2D eigenvalue weighted by atomic mass is 19.1. The molecule has 1 rings (SSSR count). The highest BCUT2D eigenvalue weighted by Crippen LogP contribution is 2.14. The predicted molar refractivity (Wildman–Crippen MR) is 69.0 cm³/mol. The molecule has 0 aliphatic heterocycles. The van der Waals surface area contributed by atoms with E-state index in [4.69, 9.17) is 4.74 Å². The first-order valence-corrected chi connectivity index (χ1v) is 6.29. The Morgan fingerprint density at radius 3 is 2.39 bits per heavy atom. The van der Waals surface area contributed by atoms with E-state index in [-0.39, 0.29) is 17.8 Å². The van der Waals surface area contributed by atoms with Crippen molar-refractivity contribution in [2.24, 2.45) is 0 Å². The highest BCUT2D eigenvalue weighted by Gasteiger charge is 2.19. The van der Waals surface area contributed by atoms with Crippen molar-refractivity contribution in [1.29, 1.82) is 0 Å². The first-order chi connectivity index (χ1) is 8.56. The maximum absolute atomic E-state index is 12.7. The van der Waals surface area contributed by atoms with Gasteiger partial charge in [-0.3, -0.25) is 4.79 Å². The van der Waals surface area contributed by atoms with Gasteiger partial charge in [0, 0.05) is 6.04 Å². The molecule has 0 aliphatic carbocycles. The average molecular weight is 253 g/mol. The zero-order chi connectivity index (χ0) is 13.5. The fourth-order valence-electron chi connectivity index (χ4n) is 1.44. The second kappa shape index (κ2) is 6.99. The van der Waals surface area contributed by atoms with E-state index in [2.05, 4.69) is 5.32 Å². The van der Waals surface area contributed by atoms with E-state index >= 15 is 0 Å². The van der Waals surface area contributed by atoms with E-state index in [0.29, 0.717) is 12.2 Å². The summed E-state index contributed by atoms with van der Waals surface area (Å²) in [5.41, 5.74) is 0. The van der Waals surface area contributed by atoms with Gasteiger partial charge in [0.25, 0.3) is 5.91 Å². The van der Waals surface area contributed by atoms with Crippen LogP contribution in [0.25, 0.3) is 0 Å². The van der Waals surface area contributed by atoms with Crippen molar-refractivity contribution in [1.82, 2.24) is 5.32 Å². The number of halogens is 1. The van der Waals surface area contributed by atoms with Crippen LogP contribution in [-0.4, -0.2) is 18.1 Å². The third kappa shape index (κ3) is 4.35. The SMILES string of the molecule is CC[C@H](C)NC(=O)[C@@H](CC)Oc1ccc(F)cc1. The number of carbonyl (C=O) groups excluding carboxylic acids is 1. The molecule has 0 saturated carbocycles. The van der Waals surface area contributed by atoms with Crippen LogP contribution in [0.3, 0.4) is 0 Å².